The van der Waals surface area contributed by atoms with E-state index in [-0.39, 0.29) is 16.9 Å². The van der Waals surface area contributed by atoms with Gasteiger partial charge in [-0.05, 0) is 25.1 Å². The number of aryl methyl sites for hydroxylation is 1. The second-order valence-electron chi connectivity index (χ2n) is 4.39. The average molecular weight is 288 g/mol. The number of nitrogens with one attached hydrogen (secondary N) is 1. The topological polar surface area (TPSA) is 113 Å². The van der Waals surface area contributed by atoms with E-state index in [4.69, 9.17) is 0 Å². The number of nitro groups is 1. The Balaban J connectivity index is 2.30. The quantitative estimate of drug-likeness (QED) is 0.456. The number of rotatable bonds is 3. The number of phenols is 2. The fourth-order valence-electron chi connectivity index (χ4n) is 1.80. The smallest absolute Gasteiger partial charge is 0.274 e. The lowest BCUT2D eigenvalue weighted by atomic mass is 10.1. The monoisotopic (exact) mass is 288 g/mol. The summed E-state index contributed by atoms with van der Waals surface area (Å²) in [4.78, 5) is 22.3. The number of carbonyl (C=O) groups is 1. The SMILES string of the molecule is Cc1ccc(NC(=O)c2cccc(O)c2O)cc1[N+](=O)[O-]. The Bertz CT molecular complexity index is 727. The third kappa shape index (κ3) is 2.92. The zero-order valence-corrected chi connectivity index (χ0v) is 11.0. The van der Waals surface area contributed by atoms with Gasteiger partial charge in [-0.1, -0.05) is 12.1 Å². The summed E-state index contributed by atoms with van der Waals surface area (Å²) >= 11 is 0. The summed E-state index contributed by atoms with van der Waals surface area (Å²) in [6, 6.07) is 8.22. The van der Waals surface area contributed by atoms with Crippen molar-refractivity contribution in [1.29, 1.82) is 0 Å². The molecule has 7 nitrogen and oxygen atoms in total. The summed E-state index contributed by atoms with van der Waals surface area (Å²) in [5, 5.41) is 32.2. The molecule has 2 aromatic carbocycles. The second kappa shape index (κ2) is 5.49. The molecule has 0 saturated heterocycles. The highest BCUT2D eigenvalue weighted by Gasteiger charge is 2.16. The van der Waals surface area contributed by atoms with Crippen LogP contribution in [0.1, 0.15) is 15.9 Å². The predicted octanol–water partition coefficient (Wildman–Crippen LogP) is 2.57. The first-order valence-corrected chi connectivity index (χ1v) is 5.97. The largest absolute Gasteiger partial charge is 0.504 e. The first-order valence-electron chi connectivity index (χ1n) is 5.97. The van der Waals surface area contributed by atoms with Crippen molar-refractivity contribution < 1.29 is 19.9 Å². The Morgan fingerprint density at radius 3 is 2.62 bits per heavy atom. The number of nitro benzene ring substituents is 1. The van der Waals surface area contributed by atoms with Crippen LogP contribution in [0.4, 0.5) is 11.4 Å². The maximum Gasteiger partial charge on any atom is 0.274 e. The summed E-state index contributed by atoms with van der Waals surface area (Å²) in [6.45, 7) is 1.59. The van der Waals surface area contributed by atoms with E-state index in [1.807, 2.05) is 0 Å². The van der Waals surface area contributed by atoms with Crippen LogP contribution >= 0.6 is 0 Å². The normalized spacial score (nSPS) is 10.1. The Morgan fingerprint density at radius 1 is 1.24 bits per heavy atom. The second-order valence-corrected chi connectivity index (χ2v) is 4.39. The number of hydrogen-bond donors (Lipinski definition) is 3. The minimum atomic E-state index is -0.679. The number of amides is 1. The average Bonchev–Trinajstić information content (AvgIpc) is 2.43. The summed E-state index contributed by atoms with van der Waals surface area (Å²) in [6.07, 6.45) is 0. The van der Waals surface area contributed by atoms with Crippen molar-refractivity contribution in [3.63, 3.8) is 0 Å². The van der Waals surface area contributed by atoms with Gasteiger partial charge in [-0.15, -0.1) is 0 Å². The summed E-state index contributed by atoms with van der Waals surface area (Å²) in [5.41, 5.74) is 0.449. The lowest BCUT2D eigenvalue weighted by Crippen LogP contribution is -2.12. The number of para-hydroxylation sites is 1. The molecule has 0 bridgehead atoms. The molecule has 0 radical (unpaired) electrons. The zero-order chi connectivity index (χ0) is 15.6. The first kappa shape index (κ1) is 14.3. The van der Waals surface area contributed by atoms with Crippen molar-refractivity contribution in [3.8, 4) is 11.5 Å². The van der Waals surface area contributed by atoms with Crippen LogP contribution in [0.5, 0.6) is 11.5 Å². The van der Waals surface area contributed by atoms with Gasteiger partial charge in [0.05, 0.1) is 10.5 Å². The maximum absolute atomic E-state index is 12.0. The predicted molar refractivity (Wildman–Crippen MR) is 75.6 cm³/mol. The van der Waals surface area contributed by atoms with E-state index in [9.17, 15) is 25.1 Å². The van der Waals surface area contributed by atoms with Crippen molar-refractivity contribution in [1.82, 2.24) is 0 Å². The van der Waals surface area contributed by atoms with Crippen molar-refractivity contribution in [3.05, 3.63) is 57.6 Å². The molecular formula is C14H12N2O5. The molecule has 7 heteroatoms. The van der Waals surface area contributed by atoms with Gasteiger partial charge in [0.2, 0.25) is 0 Å². The fourth-order valence-corrected chi connectivity index (χ4v) is 1.80. The van der Waals surface area contributed by atoms with Gasteiger partial charge in [0.25, 0.3) is 11.6 Å². The molecule has 0 spiro atoms. The van der Waals surface area contributed by atoms with Crippen molar-refractivity contribution >= 4 is 17.3 Å². The molecule has 0 unspecified atom stereocenters. The highest BCUT2D eigenvalue weighted by Crippen LogP contribution is 2.29. The standard InChI is InChI=1S/C14H12N2O5/c1-8-5-6-9(7-11(8)16(20)21)15-14(19)10-3-2-4-12(17)13(10)18/h2-7,17-18H,1H3,(H,15,19). The van der Waals surface area contributed by atoms with E-state index in [0.29, 0.717) is 5.56 Å². The van der Waals surface area contributed by atoms with Crippen LogP contribution in [-0.2, 0) is 0 Å². The molecule has 0 aliphatic heterocycles. The van der Waals surface area contributed by atoms with Gasteiger partial charge in [-0.3, -0.25) is 14.9 Å². The van der Waals surface area contributed by atoms with Crippen LogP contribution < -0.4 is 5.32 Å². The summed E-state index contributed by atoms with van der Waals surface area (Å²) in [7, 11) is 0. The molecule has 0 atom stereocenters. The van der Waals surface area contributed by atoms with E-state index in [0.717, 1.165) is 0 Å². The molecule has 0 aliphatic carbocycles. The highest BCUT2D eigenvalue weighted by atomic mass is 16.6. The van der Waals surface area contributed by atoms with Crippen LogP contribution in [0, 0.1) is 17.0 Å². The Kier molecular flexibility index (Phi) is 3.75. The minimum Gasteiger partial charge on any atom is -0.504 e. The number of phenolic OH excluding ortho intramolecular Hbond substituents is 2. The van der Waals surface area contributed by atoms with E-state index in [1.165, 1.54) is 36.4 Å². The zero-order valence-electron chi connectivity index (χ0n) is 11.0. The molecule has 0 fully saturated rings. The van der Waals surface area contributed by atoms with Gasteiger partial charge >= 0.3 is 0 Å². The van der Waals surface area contributed by atoms with Gasteiger partial charge in [-0.25, -0.2) is 0 Å². The molecular weight excluding hydrogens is 276 g/mol. The molecule has 2 aromatic rings. The third-order valence-electron chi connectivity index (χ3n) is 2.92. The molecule has 0 aromatic heterocycles. The number of hydrogen-bond acceptors (Lipinski definition) is 5. The number of nitrogens with zero attached hydrogens (tertiary/aromatic N) is 1. The number of anilines is 1. The minimum absolute atomic E-state index is 0.118. The molecule has 2 rings (SSSR count). The summed E-state index contributed by atoms with van der Waals surface area (Å²) in [5.74, 6) is -1.64. The maximum atomic E-state index is 12.0. The number of benzene rings is 2. The Hall–Kier alpha value is -3.09. The molecule has 0 heterocycles. The van der Waals surface area contributed by atoms with Crippen LogP contribution in [0.15, 0.2) is 36.4 Å². The van der Waals surface area contributed by atoms with Gasteiger partial charge < -0.3 is 15.5 Å². The van der Waals surface area contributed by atoms with Crippen molar-refractivity contribution in [2.45, 2.75) is 6.92 Å². The van der Waals surface area contributed by atoms with Crippen LogP contribution in [-0.4, -0.2) is 21.0 Å². The van der Waals surface area contributed by atoms with E-state index < -0.39 is 22.3 Å². The van der Waals surface area contributed by atoms with Crippen LogP contribution in [0.3, 0.4) is 0 Å². The van der Waals surface area contributed by atoms with Crippen molar-refractivity contribution in [2.24, 2.45) is 0 Å². The third-order valence-corrected chi connectivity index (χ3v) is 2.92. The molecule has 0 aliphatic rings. The molecule has 3 N–H and O–H groups in total. The van der Waals surface area contributed by atoms with Gasteiger partial charge in [-0.2, -0.15) is 0 Å². The van der Waals surface area contributed by atoms with Gasteiger partial charge in [0.15, 0.2) is 11.5 Å². The fraction of sp³-hybridized carbons (Fsp3) is 0.0714. The molecule has 108 valence electrons. The van der Waals surface area contributed by atoms with Crippen LogP contribution in [0.2, 0.25) is 0 Å². The van der Waals surface area contributed by atoms with Gasteiger partial charge in [0.1, 0.15) is 0 Å². The summed E-state index contributed by atoms with van der Waals surface area (Å²) < 4.78 is 0. The van der Waals surface area contributed by atoms with E-state index in [2.05, 4.69) is 5.32 Å². The van der Waals surface area contributed by atoms with E-state index in [1.54, 1.807) is 6.92 Å². The first-order chi connectivity index (χ1) is 9.90. The lowest BCUT2D eigenvalue weighted by molar-refractivity contribution is -0.385. The lowest BCUT2D eigenvalue weighted by Gasteiger charge is -2.08. The molecule has 21 heavy (non-hydrogen) atoms. The Morgan fingerprint density at radius 2 is 1.95 bits per heavy atom. The van der Waals surface area contributed by atoms with Crippen molar-refractivity contribution in [2.75, 3.05) is 5.32 Å². The number of carbonyl (C=O) groups excluding carboxylic acids is 1. The van der Waals surface area contributed by atoms with E-state index >= 15 is 0 Å². The highest BCUT2D eigenvalue weighted by molar-refractivity contribution is 6.06. The number of aromatic hydroxyl groups is 2. The molecule has 1 amide bonds. The Labute approximate surface area is 119 Å². The van der Waals surface area contributed by atoms with Crippen LogP contribution in [0.25, 0.3) is 0 Å². The van der Waals surface area contributed by atoms with Gasteiger partial charge in [0, 0.05) is 17.3 Å². The molecule has 0 saturated carbocycles.